The SMILES string of the molecule is CN1CCC(Oc2cc(-c3cnc(/C=C\C(=N)N4CCCC4c4cc(F)ccc4F)[nH]3)ccc2C#N)C1. The summed E-state index contributed by atoms with van der Waals surface area (Å²) in [5.41, 5.74) is 2.36. The highest BCUT2D eigenvalue weighted by atomic mass is 19.1. The van der Waals surface area contributed by atoms with Crippen LogP contribution in [0.15, 0.2) is 48.7 Å². The van der Waals surface area contributed by atoms with Gasteiger partial charge in [-0.15, -0.1) is 0 Å². The minimum absolute atomic E-state index is 0.0499. The largest absolute Gasteiger partial charge is 0.488 e. The lowest BCUT2D eigenvalue weighted by Crippen LogP contribution is -2.29. The van der Waals surface area contributed by atoms with Crippen molar-refractivity contribution in [2.24, 2.45) is 0 Å². The van der Waals surface area contributed by atoms with Gasteiger partial charge in [-0.3, -0.25) is 5.41 Å². The molecule has 0 amide bonds. The molecule has 1 aromatic heterocycles. The van der Waals surface area contributed by atoms with Crippen LogP contribution in [0.2, 0.25) is 0 Å². The minimum atomic E-state index is -0.486. The third-order valence-electron chi connectivity index (χ3n) is 6.93. The van der Waals surface area contributed by atoms with E-state index in [4.69, 9.17) is 10.1 Å². The smallest absolute Gasteiger partial charge is 0.138 e. The van der Waals surface area contributed by atoms with Crippen LogP contribution in [0.4, 0.5) is 8.78 Å². The van der Waals surface area contributed by atoms with Crippen LogP contribution < -0.4 is 4.74 Å². The van der Waals surface area contributed by atoms with Gasteiger partial charge in [-0.2, -0.15) is 5.26 Å². The van der Waals surface area contributed by atoms with Gasteiger partial charge in [-0.1, -0.05) is 6.07 Å². The number of likely N-dealkylation sites (tertiary alicyclic amines) is 2. The molecule has 2 aromatic carbocycles. The maximum Gasteiger partial charge on any atom is 0.138 e. The Morgan fingerprint density at radius 2 is 2.08 bits per heavy atom. The third-order valence-corrected chi connectivity index (χ3v) is 6.93. The van der Waals surface area contributed by atoms with Crippen LogP contribution in [-0.4, -0.2) is 58.4 Å². The first kappa shape index (κ1) is 24.7. The van der Waals surface area contributed by atoms with E-state index < -0.39 is 11.6 Å². The van der Waals surface area contributed by atoms with Crippen molar-refractivity contribution in [2.45, 2.75) is 31.4 Å². The molecule has 2 saturated heterocycles. The van der Waals surface area contributed by atoms with Gasteiger partial charge in [0.2, 0.25) is 0 Å². The highest BCUT2D eigenvalue weighted by Gasteiger charge is 2.29. The Bertz CT molecular complexity index is 1380. The lowest BCUT2D eigenvalue weighted by atomic mass is 10.0. The third kappa shape index (κ3) is 5.39. The molecule has 2 atom stereocenters. The molecule has 2 fully saturated rings. The molecular formula is C28H28F2N6O. The number of nitriles is 1. The van der Waals surface area contributed by atoms with E-state index in [0.29, 0.717) is 30.1 Å². The van der Waals surface area contributed by atoms with E-state index in [9.17, 15) is 14.0 Å². The van der Waals surface area contributed by atoms with E-state index in [2.05, 4.69) is 20.9 Å². The van der Waals surface area contributed by atoms with Crippen LogP contribution >= 0.6 is 0 Å². The zero-order valence-corrected chi connectivity index (χ0v) is 20.5. The van der Waals surface area contributed by atoms with Crippen LogP contribution in [0.3, 0.4) is 0 Å². The summed E-state index contributed by atoms with van der Waals surface area (Å²) in [5.74, 6) is 0.367. The van der Waals surface area contributed by atoms with Gasteiger partial charge < -0.3 is 19.5 Å². The summed E-state index contributed by atoms with van der Waals surface area (Å²) >= 11 is 0. The van der Waals surface area contributed by atoms with Gasteiger partial charge in [0, 0.05) is 30.8 Å². The van der Waals surface area contributed by atoms with Crippen LogP contribution in [0.1, 0.15) is 42.3 Å². The van der Waals surface area contributed by atoms with Crippen molar-refractivity contribution >= 4 is 11.9 Å². The lowest BCUT2D eigenvalue weighted by Gasteiger charge is -2.26. The van der Waals surface area contributed by atoms with Crippen molar-refractivity contribution in [2.75, 3.05) is 26.7 Å². The maximum absolute atomic E-state index is 14.4. The number of H-pyrrole nitrogens is 1. The monoisotopic (exact) mass is 502 g/mol. The van der Waals surface area contributed by atoms with Gasteiger partial charge in [0.1, 0.15) is 41.2 Å². The van der Waals surface area contributed by atoms with E-state index in [1.807, 2.05) is 19.2 Å². The molecule has 7 nitrogen and oxygen atoms in total. The molecule has 0 bridgehead atoms. The first-order chi connectivity index (χ1) is 17.9. The summed E-state index contributed by atoms with van der Waals surface area (Å²) < 4.78 is 34.2. The number of hydrogen-bond donors (Lipinski definition) is 2. The molecule has 0 radical (unpaired) electrons. The fourth-order valence-corrected chi connectivity index (χ4v) is 5.02. The summed E-state index contributed by atoms with van der Waals surface area (Å²) in [5, 5.41) is 18.0. The lowest BCUT2D eigenvalue weighted by molar-refractivity contribution is 0.207. The normalized spacial score (nSPS) is 20.0. The Balaban J connectivity index is 1.30. The number of nitrogens with one attached hydrogen (secondary N) is 2. The van der Waals surface area contributed by atoms with Crippen LogP contribution in [0.5, 0.6) is 5.75 Å². The fraction of sp³-hybridized carbons (Fsp3) is 0.321. The van der Waals surface area contributed by atoms with Gasteiger partial charge in [0.25, 0.3) is 0 Å². The van der Waals surface area contributed by atoms with E-state index in [1.54, 1.807) is 29.3 Å². The van der Waals surface area contributed by atoms with Crippen molar-refractivity contribution in [1.29, 1.82) is 10.7 Å². The first-order valence-electron chi connectivity index (χ1n) is 12.3. The summed E-state index contributed by atoms with van der Waals surface area (Å²) in [7, 11) is 2.05. The van der Waals surface area contributed by atoms with Crippen molar-refractivity contribution in [3.8, 4) is 23.1 Å². The number of halogens is 2. The predicted octanol–water partition coefficient (Wildman–Crippen LogP) is 5.14. The molecule has 0 saturated carbocycles. The summed E-state index contributed by atoms with van der Waals surface area (Å²) in [6, 6.07) is 10.7. The van der Waals surface area contributed by atoms with Gasteiger partial charge in [0.15, 0.2) is 0 Å². The molecule has 0 aliphatic carbocycles. The zero-order chi connectivity index (χ0) is 25.9. The summed E-state index contributed by atoms with van der Waals surface area (Å²) in [4.78, 5) is 11.6. The number of aromatic amines is 1. The molecule has 5 rings (SSSR count). The Morgan fingerprint density at radius 3 is 2.86 bits per heavy atom. The second kappa shape index (κ2) is 10.5. The number of amidine groups is 1. The number of benzene rings is 2. The summed E-state index contributed by atoms with van der Waals surface area (Å²) in [6.45, 7) is 2.38. The van der Waals surface area contributed by atoms with Crippen LogP contribution in [0, 0.1) is 28.4 Å². The highest BCUT2D eigenvalue weighted by Crippen LogP contribution is 2.34. The predicted molar refractivity (Wildman–Crippen MR) is 137 cm³/mol. The van der Waals surface area contributed by atoms with Gasteiger partial charge >= 0.3 is 0 Å². The Kier molecular flexibility index (Phi) is 7.01. The number of likely N-dealkylation sites (N-methyl/N-ethyl adjacent to an activating group) is 1. The molecule has 2 N–H and O–H groups in total. The average molecular weight is 503 g/mol. The quantitative estimate of drug-likeness (QED) is 0.360. The van der Waals surface area contributed by atoms with Gasteiger partial charge in [-0.05, 0) is 68.8 Å². The first-order valence-corrected chi connectivity index (χ1v) is 12.3. The van der Waals surface area contributed by atoms with Crippen molar-refractivity contribution < 1.29 is 13.5 Å². The molecule has 2 unspecified atom stereocenters. The zero-order valence-electron chi connectivity index (χ0n) is 20.5. The van der Waals surface area contributed by atoms with Gasteiger partial charge in [-0.25, -0.2) is 13.8 Å². The fourth-order valence-electron chi connectivity index (χ4n) is 5.02. The van der Waals surface area contributed by atoms with Crippen molar-refractivity contribution in [3.63, 3.8) is 0 Å². The number of ether oxygens (including phenoxy) is 1. The standard InChI is InChI=1S/C28H28F2N6O/c1-35-12-10-21(17-35)37-26-13-18(4-5-19(26)15-31)24-16-33-28(34-24)9-8-27(32)36-11-2-3-25(36)22-14-20(29)6-7-23(22)30/h4-9,13-14,16,21,25,32H,2-3,10-12,17H2,1H3,(H,33,34)/b9-8-,32-27?. The molecule has 190 valence electrons. The van der Waals surface area contributed by atoms with E-state index in [0.717, 1.165) is 49.3 Å². The Labute approximate surface area is 214 Å². The van der Waals surface area contributed by atoms with E-state index in [-0.39, 0.29) is 23.5 Å². The topological polar surface area (TPSA) is 92.0 Å². The Hall–Kier alpha value is -4.03. The van der Waals surface area contributed by atoms with Crippen LogP contribution in [0.25, 0.3) is 17.3 Å². The second-order valence-corrected chi connectivity index (χ2v) is 9.53. The van der Waals surface area contributed by atoms with E-state index >= 15 is 0 Å². The molecule has 2 aliphatic heterocycles. The van der Waals surface area contributed by atoms with E-state index in [1.165, 1.54) is 6.07 Å². The second-order valence-electron chi connectivity index (χ2n) is 9.53. The molecule has 0 spiro atoms. The number of nitrogens with zero attached hydrogens (tertiary/aromatic N) is 4. The molecular weight excluding hydrogens is 474 g/mol. The summed E-state index contributed by atoms with van der Waals surface area (Å²) in [6.07, 6.45) is 7.41. The molecule has 3 aromatic rings. The van der Waals surface area contributed by atoms with Crippen molar-refractivity contribution in [1.82, 2.24) is 19.8 Å². The molecule has 3 heterocycles. The Morgan fingerprint density at radius 1 is 1.22 bits per heavy atom. The molecule has 37 heavy (non-hydrogen) atoms. The maximum atomic E-state index is 14.4. The minimum Gasteiger partial charge on any atom is -0.488 e. The number of hydrogen-bond acceptors (Lipinski definition) is 5. The van der Waals surface area contributed by atoms with Crippen LogP contribution in [-0.2, 0) is 0 Å². The number of imidazole rings is 1. The molecule has 2 aliphatic rings. The molecule has 9 heteroatoms. The number of rotatable bonds is 6. The highest BCUT2D eigenvalue weighted by molar-refractivity contribution is 5.94. The number of aromatic nitrogens is 2. The van der Waals surface area contributed by atoms with Crippen molar-refractivity contribution in [3.05, 3.63) is 77.3 Å². The average Bonchev–Trinajstić information content (AvgIpc) is 3.65. The van der Waals surface area contributed by atoms with Gasteiger partial charge in [0.05, 0.1) is 23.5 Å².